The molecule has 6 heteroatoms. The van der Waals surface area contributed by atoms with Gasteiger partial charge in [0.05, 0.1) is 18.1 Å². The molecule has 1 aromatic heterocycles. The topological polar surface area (TPSA) is 86.0 Å². The number of fused-ring (bicyclic) bond motifs is 2. The minimum absolute atomic E-state index is 0.103. The molecule has 0 aliphatic carbocycles. The summed E-state index contributed by atoms with van der Waals surface area (Å²) in [6.07, 6.45) is -0.999. The predicted octanol–water partition coefficient (Wildman–Crippen LogP) is 2.77. The zero-order valence-electron chi connectivity index (χ0n) is 12.6. The third-order valence-corrected chi connectivity index (χ3v) is 4.07. The van der Waals surface area contributed by atoms with Crippen LogP contribution in [0.4, 0.5) is 0 Å². The predicted molar refractivity (Wildman–Crippen MR) is 84.4 cm³/mol. The van der Waals surface area contributed by atoms with Crippen molar-refractivity contribution >= 4 is 16.9 Å². The number of hydrogen-bond acceptors (Lipinski definition) is 6. The molecule has 0 spiro atoms. The minimum Gasteiger partial charge on any atom is -0.506 e. The van der Waals surface area contributed by atoms with E-state index in [0.717, 1.165) is 0 Å². The average molecular weight is 324 g/mol. The first-order valence-electron chi connectivity index (χ1n) is 7.24. The van der Waals surface area contributed by atoms with E-state index >= 15 is 0 Å². The van der Waals surface area contributed by atoms with Crippen molar-refractivity contribution in [2.75, 3.05) is 7.11 Å². The van der Waals surface area contributed by atoms with Gasteiger partial charge in [-0.15, -0.1) is 0 Å². The lowest BCUT2D eigenvalue weighted by Gasteiger charge is -2.13. The lowest BCUT2D eigenvalue weighted by Crippen LogP contribution is -2.14. The fourth-order valence-electron chi connectivity index (χ4n) is 2.90. The molecule has 3 aromatic rings. The van der Waals surface area contributed by atoms with Crippen molar-refractivity contribution in [3.8, 4) is 11.5 Å². The molecular weight excluding hydrogens is 312 g/mol. The molecular formula is C18H12O6. The summed E-state index contributed by atoms with van der Waals surface area (Å²) in [6.45, 7) is 0. The van der Waals surface area contributed by atoms with Gasteiger partial charge in [0.1, 0.15) is 22.6 Å². The van der Waals surface area contributed by atoms with Gasteiger partial charge in [-0.1, -0.05) is 18.2 Å². The molecule has 0 amide bonds. The number of carbonyl (C=O) groups is 1. The van der Waals surface area contributed by atoms with Crippen LogP contribution in [0.15, 0.2) is 51.7 Å². The number of cyclic esters (lactones) is 1. The quantitative estimate of drug-likeness (QED) is 0.576. The van der Waals surface area contributed by atoms with Crippen LogP contribution in [0.5, 0.6) is 11.5 Å². The highest BCUT2D eigenvalue weighted by Crippen LogP contribution is 2.40. The summed E-state index contributed by atoms with van der Waals surface area (Å²) in [7, 11) is 1.49. The van der Waals surface area contributed by atoms with Gasteiger partial charge < -0.3 is 19.0 Å². The highest BCUT2D eigenvalue weighted by molar-refractivity contribution is 5.95. The molecule has 1 aliphatic heterocycles. The van der Waals surface area contributed by atoms with Gasteiger partial charge in [-0.25, -0.2) is 9.59 Å². The first kappa shape index (κ1) is 14.3. The molecule has 1 atom stereocenters. The van der Waals surface area contributed by atoms with Crippen molar-refractivity contribution in [1.82, 2.24) is 0 Å². The molecule has 120 valence electrons. The van der Waals surface area contributed by atoms with Crippen LogP contribution >= 0.6 is 0 Å². The number of rotatable bonds is 2. The van der Waals surface area contributed by atoms with E-state index in [4.69, 9.17) is 13.9 Å². The Morgan fingerprint density at radius 3 is 2.71 bits per heavy atom. The van der Waals surface area contributed by atoms with Crippen molar-refractivity contribution in [3.63, 3.8) is 0 Å². The van der Waals surface area contributed by atoms with Gasteiger partial charge in [-0.05, 0) is 24.3 Å². The molecule has 0 saturated carbocycles. The summed E-state index contributed by atoms with van der Waals surface area (Å²) in [5.74, 6) is -0.323. The van der Waals surface area contributed by atoms with Gasteiger partial charge >= 0.3 is 11.6 Å². The normalized spacial score (nSPS) is 16.0. The third-order valence-electron chi connectivity index (χ3n) is 4.07. The molecule has 1 unspecified atom stereocenters. The van der Waals surface area contributed by atoms with E-state index < -0.39 is 17.7 Å². The Hall–Kier alpha value is -3.28. The van der Waals surface area contributed by atoms with Crippen LogP contribution in [0.1, 0.15) is 27.6 Å². The van der Waals surface area contributed by atoms with E-state index in [2.05, 4.69) is 0 Å². The highest BCUT2D eigenvalue weighted by atomic mass is 16.6. The van der Waals surface area contributed by atoms with Gasteiger partial charge in [0.15, 0.2) is 6.10 Å². The summed E-state index contributed by atoms with van der Waals surface area (Å²) >= 11 is 0. The zero-order chi connectivity index (χ0) is 16.8. The Kier molecular flexibility index (Phi) is 3.06. The monoisotopic (exact) mass is 324 g/mol. The fourth-order valence-corrected chi connectivity index (χ4v) is 2.90. The molecule has 4 rings (SSSR count). The summed E-state index contributed by atoms with van der Waals surface area (Å²) < 4.78 is 15.7. The van der Waals surface area contributed by atoms with Crippen molar-refractivity contribution in [2.24, 2.45) is 0 Å². The van der Waals surface area contributed by atoms with Crippen molar-refractivity contribution in [2.45, 2.75) is 6.10 Å². The highest BCUT2D eigenvalue weighted by Gasteiger charge is 2.36. The second kappa shape index (κ2) is 5.13. The number of hydrogen-bond donors (Lipinski definition) is 1. The first-order valence-corrected chi connectivity index (χ1v) is 7.24. The molecule has 1 N–H and O–H groups in total. The number of ether oxygens (including phenoxy) is 2. The van der Waals surface area contributed by atoms with E-state index in [0.29, 0.717) is 22.3 Å². The van der Waals surface area contributed by atoms with Gasteiger partial charge in [-0.3, -0.25) is 0 Å². The first-order chi connectivity index (χ1) is 11.6. The van der Waals surface area contributed by atoms with Gasteiger partial charge in [0.2, 0.25) is 0 Å². The minimum atomic E-state index is -0.999. The maximum atomic E-state index is 12.4. The Morgan fingerprint density at radius 1 is 1.12 bits per heavy atom. The van der Waals surface area contributed by atoms with Crippen LogP contribution < -0.4 is 10.4 Å². The molecule has 0 bridgehead atoms. The van der Waals surface area contributed by atoms with Crippen molar-refractivity contribution in [3.05, 3.63) is 69.6 Å². The van der Waals surface area contributed by atoms with Crippen LogP contribution in [0, 0.1) is 0 Å². The maximum Gasteiger partial charge on any atom is 0.347 e. The molecule has 24 heavy (non-hydrogen) atoms. The van der Waals surface area contributed by atoms with Gasteiger partial charge in [0.25, 0.3) is 0 Å². The van der Waals surface area contributed by atoms with Crippen LogP contribution in [-0.2, 0) is 4.74 Å². The SMILES string of the molecule is COc1ccc2oc(=O)c(C3OC(=O)c4ccccc43)c(O)c2c1. The van der Waals surface area contributed by atoms with E-state index in [9.17, 15) is 14.7 Å². The molecule has 1 aliphatic rings. The molecule has 6 nitrogen and oxygen atoms in total. The zero-order valence-corrected chi connectivity index (χ0v) is 12.6. The standard InChI is InChI=1S/C18H12O6/c1-22-9-6-7-13-12(8-9)15(19)14(18(21)23-13)16-10-4-2-3-5-11(10)17(20)24-16/h2-8,16,19H,1H3. The summed E-state index contributed by atoms with van der Waals surface area (Å²) in [5.41, 5.74) is 0.257. The van der Waals surface area contributed by atoms with Crippen LogP contribution in [0.25, 0.3) is 11.0 Å². The largest absolute Gasteiger partial charge is 0.506 e. The number of carbonyl (C=O) groups excluding carboxylic acids is 1. The Labute approximate surface area is 135 Å². The van der Waals surface area contributed by atoms with Crippen molar-refractivity contribution in [1.29, 1.82) is 0 Å². The van der Waals surface area contributed by atoms with Crippen LogP contribution in [-0.4, -0.2) is 18.2 Å². The van der Waals surface area contributed by atoms with E-state index in [1.54, 1.807) is 36.4 Å². The fraction of sp³-hybridized carbons (Fsp3) is 0.111. The lowest BCUT2D eigenvalue weighted by atomic mass is 9.99. The smallest absolute Gasteiger partial charge is 0.347 e. The number of aromatic hydroxyl groups is 1. The van der Waals surface area contributed by atoms with Crippen molar-refractivity contribution < 1.29 is 23.8 Å². The second-order valence-electron chi connectivity index (χ2n) is 5.39. The Bertz CT molecular complexity index is 1030. The Morgan fingerprint density at radius 2 is 1.92 bits per heavy atom. The summed E-state index contributed by atoms with van der Waals surface area (Å²) in [4.78, 5) is 24.3. The number of esters is 1. The van der Waals surface area contributed by atoms with Gasteiger partial charge in [0, 0.05) is 5.56 Å². The van der Waals surface area contributed by atoms with E-state index in [-0.39, 0.29) is 16.9 Å². The third kappa shape index (κ3) is 1.96. The number of methoxy groups -OCH3 is 1. The van der Waals surface area contributed by atoms with E-state index in [1.165, 1.54) is 13.2 Å². The second-order valence-corrected chi connectivity index (χ2v) is 5.39. The molecule has 0 saturated heterocycles. The molecule has 2 aromatic carbocycles. The van der Waals surface area contributed by atoms with Gasteiger partial charge in [-0.2, -0.15) is 0 Å². The molecule has 2 heterocycles. The maximum absolute atomic E-state index is 12.4. The molecule has 0 radical (unpaired) electrons. The average Bonchev–Trinajstić information content (AvgIpc) is 2.92. The number of benzene rings is 2. The van der Waals surface area contributed by atoms with Crippen LogP contribution in [0.2, 0.25) is 0 Å². The lowest BCUT2D eigenvalue weighted by molar-refractivity contribution is 0.0448. The Balaban J connectivity index is 1.98. The summed E-state index contributed by atoms with van der Waals surface area (Å²) in [5, 5.41) is 10.9. The molecule has 0 fully saturated rings. The van der Waals surface area contributed by atoms with E-state index in [1.807, 2.05) is 0 Å². The summed E-state index contributed by atoms with van der Waals surface area (Å²) in [6, 6.07) is 11.4. The van der Waals surface area contributed by atoms with Crippen LogP contribution in [0.3, 0.4) is 0 Å².